The third-order valence-electron chi connectivity index (χ3n) is 3.47. The van der Waals surface area contributed by atoms with Gasteiger partial charge in [-0.05, 0) is 17.7 Å². The lowest BCUT2D eigenvalue weighted by Gasteiger charge is -2.05. The smallest absolute Gasteiger partial charge is 0.355 e. The van der Waals surface area contributed by atoms with Gasteiger partial charge < -0.3 is 19.2 Å². The summed E-state index contributed by atoms with van der Waals surface area (Å²) < 4.78 is 14.1. The second-order valence-electron chi connectivity index (χ2n) is 4.79. The molecule has 1 aromatic heterocycles. The molecule has 8 nitrogen and oxygen atoms in total. The molecule has 1 N–H and O–H groups in total. The summed E-state index contributed by atoms with van der Waals surface area (Å²) in [6.07, 6.45) is 0. The Morgan fingerprint density at radius 1 is 0.880 bits per heavy atom. The number of nitrogens with one attached hydrogen (secondary N) is 1. The second-order valence-corrected chi connectivity index (χ2v) is 4.79. The molecule has 0 fully saturated rings. The molecule has 0 atom stereocenters. The van der Waals surface area contributed by atoms with Gasteiger partial charge in [-0.2, -0.15) is 5.26 Å². The van der Waals surface area contributed by atoms with Crippen molar-refractivity contribution in [3.63, 3.8) is 0 Å². The summed E-state index contributed by atoms with van der Waals surface area (Å²) >= 11 is 0. The Labute approximate surface area is 142 Å². The first-order valence-electron chi connectivity index (χ1n) is 6.99. The summed E-state index contributed by atoms with van der Waals surface area (Å²) in [6, 6.07) is 8.18. The lowest BCUT2D eigenvalue weighted by atomic mass is 10.0. The van der Waals surface area contributed by atoms with Gasteiger partial charge in [-0.25, -0.2) is 14.4 Å². The van der Waals surface area contributed by atoms with Crippen molar-refractivity contribution >= 4 is 17.9 Å². The molecule has 0 amide bonds. The highest BCUT2D eigenvalue weighted by atomic mass is 16.5. The first-order valence-corrected chi connectivity index (χ1v) is 6.99. The van der Waals surface area contributed by atoms with Crippen molar-refractivity contribution in [3.05, 3.63) is 46.6 Å². The monoisotopic (exact) mass is 342 g/mol. The van der Waals surface area contributed by atoms with Gasteiger partial charge in [-0.3, -0.25) is 0 Å². The number of hydrogen-bond donors (Lipinski definition) is 1. The third-order valence-corrected chi connectivity index (χ3v) is 3.47. The van der Waals surface area contributed by atoms with Gasteiger partial charge in [0.15, 0.2) is 0 Å². The number of carbonyl (C=O) groups excluding carboxylic acids is 3. The highest BCUT2D eigenvalue weighted by Gasteiger charge is 2.33. The molecular weight excluding hydrogens is 328 g/mol. The number of hydrogen-bond acceptors (Lipinski definition) is 7. The minimum Gasteiger partial charge on any atom is -0.465 e. The van der Waals surface area contributed by atoms with Crippen molar-refractivity contribution in [3.8, 4) is 17.3 Å². The van der Waals surface area contributed by atoms with E-state index < -0.39 is 17.9 Å². The van der Waals surface area contributed by atoms with Crippen molar-refractivity contribution in [2.45, 2.75) is 0 Å². The minimum atomic E-state index is -0.892. The molecule has 25 heavy (non-hydrogen) atoms. The normalized spacial score (nSPS) is 9.84. The maximum Gasteiger partial charge on any atom is 0.355 e. The number of methoxy groups -OCH3 is 3. The Morgan fingerprint density at radius 2 is 1.40 bits per heavy atom. The standard InChI is InChI=1S/C17H14N2O6/c1-23-15(20)11-12(16(21)24-2)14(17(22)25-3)19-13(11)10-6-4-9(8-18)5-7-10/h4-7,19H,1-3H3. The summed E-state index contributed by atoms with van der Waals surface area (Å²) in [6.45, 7) is 0. The SMILES string of the molecule is COC(=O)c1[nH]c(-c2ccc(C#N)cc2)c(C(=O)OC)c1C(=O)OC. The van der Waals surface area contributed by atoms with Crippen LogP contribution in [0.3, 0.4) is 0 Å². The van der Waals surface area contributed by atoms with Crippen molar-refractivity contribution in [2.24, 2.45) is 0 Å². The zero-order valence-corrected chi connectivity index (χ0v) is 13.7. The second kappa shape index (κ2) is 7.31. The van der Waals surface area contributed by atoms with Crippen LogP contribution in [0.4, 0.5) is 0 Å². The average Bonchev–Trinajstić information content (AvgIpc) is 3.06. The molecule has 128 valence electrons. The third kappa shape index (κ3) is 3.21. The minimum absolute atomic E-state index is 0.153. The Morgan fingerprint density at radius 3 is 1.88 bits per heavy atom. The van der Waals surface area contributed by atoms with Gasteiger partial charge in [0, 0.05) is 0 Å². The highest BCUT2D eigenvalue weighted by Crippen LogP contribution is 2.30. The molecule has 0 aliphatic heterocycles. The Balaban J connectivity index is 2.79. The molecule has 0 radical (unpaired) electrons. The highest BCUT2D eigenvalue weighted by molar-refractivity contribution is 6.13. The quantitative estimate of drug-likeness (QED) is 0.666. The maximum absolute atomic E-state index is 12.2. The van der Waals surface area contributed by atoms with Crippen molar-refractivity contribution in [1.29, 1.82) is 5.26 Å². The van der Waals surface area contributed by atoms with E-state index in [4.69, 9.17) is 10.00 Å². The maximum atomic E-state index is 12.2. The molecule has 2 aromatic rings. The van der Waals surface area contributed by atoms with Crippen LogP contribution < -0.4 is 0 Å². The van der Waals surface area contributed by atoms with E-state index in [-0.39, 0.29) is 22.5 Å². The van der Waals surface area contributed by atoms with Crippen LogP contribution in [0.2, 0.25) is 0 Å². The largest absolute Gasteiger partial charge is 0.465 e. The van der Waals surface area contributed by atoms with E-state index in [2.05, 4.69) is 14.5 Å². The number of H-pyrrole nitrogens is 1. The number of aromatic nitrogens is 1. The number of esters is 3. The summed E-state index contributed by atoms with van der Waals surface area (Å²) in [7, 11) is 3.42. The van der Waals surface area contributed by atoms with Crippen LogP contribution in [0.15, 0.2) is 24.3 Å². The van der Waals surface area contributed by atoms with Gasteiger partial charge >= 0.3 is 17.9 Å². The summed E-state index contributed by atoms with van der Waals surface area (Å²) in [5.41, 5.74) is 0.405. The predicted octanol–water partition coefficient (Wildman–Crippen LogP) is 1.91. The molecule has 0 aliphatic carbocycles. The van der Waals surface area contributed by atoms with E-state index in [0.717, 1.165) is 21.3 Å². The van der Waals surface area contributed by atoms with Crippen LogP contribution in [0.5, 0.6) is 0 Å². The van der Waals surface area contributed by atoms with Crippen LogP contribution in [0, 0.1) is 11.3 Å². The van der Waals surface area contributed by atoms with Gasteiger partial charge in [0.2, 0.25) is 0 Å². The Kier molecular flexibility index (Phi) is 5.19. The number of nitrogens with zero attached hydrogens (tertiary/aromatic N) is 1. The zero-order valence-electron chi connectivity index (χ0n) is 13.7. The van der Waals surface area contributed by atoms with E-state index in [0.29, 0.717) is 11.1 Å². The molecule has 1 aromatic carbocycles. The molecule has 8 heteroatoms. The van der Waals surface area contributed by atoms with Gasteiger partial charge in [0.25, 0.3) is 0 Å². The lowest BCUT2D eigenvalue weighted by molar-refractivity contribution is 0.0537. The summed E-state index contributed by atoms with van der Waals surface area (Å²) in [5.74, 6) is -2.56. The van der Waals surface area contributed by atoms with E-state index in [9.17, 15) is 14.4 Å². The first-order chi connectivity index (χ1) is 12.0. The Bertz CT molecular complexity index is 874. The van der Waals surface area contributed by atoms with Crippen LogP contribution in [0.25, 0.3) is 11.3 Å². The number of carbonyl (C=O) groups is 3. The number of nitriles is 1. The topological polar surface area (TPSA) is 118 Å². The average molecular weight is 342 g/mol. The van der Waals surface area contributed by atoms with Crippen LogP contribution in [-0.4, -0.2) is 44.2 Å². The fraction of sp³-hybridized carbons (Fsp3) is 0.176. The first kappa shape index (κ1) is 17.7. The number of aromatic amines is 1. The molecule has 0 spiro atoms. The predicted molar refractivity (Wildman–Crippen MR) is 85.0 cm³/mol. The molecule has 2 rings (SSSR count). The number of rotatable bonds is 4. The Hall–Kier alpha value is -3.60. The molecule has 0 bridgehead atoms. The van der Waals surface area contributed by atoms with Crippen LogP contribution in [-0.2, 0) is 14.2 Å². The van der Waals surface area contributed by atoms with Crippen LogP contribution >= 0.6 is 0 Å². The molecule has 0 unspecified atom stereocenters. The summed E-state index contributed by atoms with van der Waals surface area (Å²) in [4.78, 5) is 39.1. The summed E-state index contributed by atoms with van der Waals surface area (Å²) in [5, 5.41) is 8.88. The fourth-order valence-electron chi connectivity index (χ4n) is 2.30. The molecule has 0 saturated carbocycles. The van der Waals surface area contributed by atoms with Crippen molar-refractivity contribution in [1.82, 2.24) is 4.98 Å². The van der Waals surface area contributed by atoms with E-state index in [1.165, 1.54) is 12.1 Å². The van der Waals surface area contributed by atoms with E-state index in [1.54, 1.807) is 12.1 Å². The van der Waals surface area contributed by atoms with E-state index >= 15 is 0 Å². The van der Waals surface area contributed by atoms with Gasteiger partial charge in [0.1, 0.15) is 16.8 Å². The zero-order chi connectivity index (χ0) is 18.6. The number of benzene rings is 1. The molecule has 0 saturated heterocycles. The van der Waals surface area contributed by atoms with Crippen molar-refractivity contribution in [2.75, 3.05) is 21.3 Å². The lowest BCUT2D eigenvalue weighted by Crippen LogP contribution is -2.14. The van der Waals surface area contributed by atoms with Gasteiger partial charge in [0.05, 0.1) is 38.7 Å². The fourth-order valence-corrected chi connectivity index (χ4v) is 2.30. The van der Waals surface area contributed by atoms with Gasteiger partial charge in [-0.1, -0.05) is 12.1 Å². The number of ether oxygens (including phenoxy) is 3. The van der Waals surface area contributed by atoms with Crippen LogP contribution in [0.1, 0.15) is 36.8 Å². The molecule has 1 heterocycles. The van der Waals surface area contributed by atoms with Gasteiger partial charge in [-0.15, -0.1) is 0 Å². The molecule has 0 aliphatic rings. The molecular formula is C17H14N2O6. The van der Waals surface area contributed by atoms with Crippen molar-refractivity contribution < 1.29 is 28.6 Å². The van der Waals surface area contributed by atoms with E-state index in [1.807, 2.05) is 6.07 Å².